The molecule has 19 heavy (non-hydrogen) atoms. The molecule has 2 atom stereocenters. The van der Waals surface area contributed by atoms with Gasteiger partial charge in [0.2, 0.25) is 5.91 Å². The predicted molar refractivity (Wildman–Crippen MR) is 72.8 cm³/mol. The summed E-state index contributed by atoms with van der Waals surface area (Å²) in [6.07, 6.45) is 2.32. The summed E-state index contributed by atoms with van der Waals surface area (Å²) in [5.74, 6) is 0.541. The van der Waals surface area contributed by atoms with E-state index in [9.17, 15) is 15.0 Å². The fourth-order valence-electron chi connectivity index (χ4n) is 2.78. The zero-order valence-corrected chi connectivity index (χ0v) is 11.2. The second-order valence-electron chi connectivity index (χ2n) is 5.30. The van der Waals surface area contributed by atoms with E-state index in [4.69, 9.17) is 0 Å². The third-order valence-corrected chi connectivity index (χ3v) is 3.89. The van der Waals surface area contributed by atoms with Crippen LogP contribution in [0.1, 0.15) is 25.3 Å². The highest BCUT2D eigenvalue weighted by atomic mass is 16.3. The van der Waals surface area contributed by atoms with Crippen LogP contribution in [0.5, 0.6) is 5.75 Å². The number of aliphatic hydroxyl groups is 1. The fourth-order valence-corrected chi connectivity index (χ4v) is 2.78. The standard InChI is InChI=1S/C15H21NO3/c1-11-4-3-7-16(14(11)10-17)15(19)9-12-5-2-6-13(18)8-12/h2,5-6,8,11,14,17-18H,3-4,7,9-10H2,1H3. The first-order valence-electron chi connectivity index (χ1n) is 6.80. The van der Waals surface area contributed by atoms with Crippen LogP contribution in [-0.2, 0) is 11.2 Å². The quantitative estimate of drug-likeness (QED) is 0.870. The van der Waals surface area contributed by atoms with Gasteiger partial charge in [0.1, 0.15) is 5.75 Å². The van der Waals surface area contributed by atoms with Crippen LogP contribution in [0.25, 0.3) is 0 Å². The minimum Gasteiger partial charge on any atom is -0.508 e. The van der Waals surface area contributed by atoms with Gasteiger partial charge in [-0.05, 0) is 36.5 Å². The summed E-state index contributed by atoms with van der Waals surface area (Å²) in [7, 11) is 0. The minimum absolute atomic E-state index is 0.0208. The molecule has 0 saturated carbocycles. The molecule has 0 radical (unpaired) electrons. The summed E-state index contributed by atoms with van der Waals surface area (Å²) in [6.45, 7) is 2.81. The largest absolute Gasteiger partial charge is 0.508 e. The van der Waals surface area contributed by atoms with Crippen molar-refractivity contribution in [3.05, 3.63) is 29.8 Å². The van der Waals surface area contributed by atoms with E-state index in [-0.39, 0.29) is 30.7 Å². The van der Waals surface area contributed by atoms with E-state index in [0.29, 0.717) is 12.5 Å². The summed E-state index contributed by atoms with van der Waals surface area (Å²) < 4.78 is 0. The number of carbonyl (C=O) groups is 1. The normalized spacial score (nSPS) is 23.4. The first-order valence-corrected chi connectivity index (χ1v) is 6.80. The molecule has 4 nitrogen and oxygen atoms in total. The molecule has 1 aliphatic heterocycles. The number of aliphatic hydroxyl groups excluding tert-OH is 1. The zero-order chi connectivity index (χ0) is 13.8. The fraction of sp³-hybridized carbons (Fsp3) is 0.533. The number of phenols is 1. The van der Waals surface area contributed by atoms with Crippen LogP contribution >= 0.6 is 0 Å². The summed E-state index contributed by atoms with van der Waals surface area (Å²) in [5, 5.41) is 18.9. The van der Waals surface area contributed by atoms with Gasteiger partial charge in [-0.25, -0.2) is 0 Å². The Bertz CT molecular complexity index is 447. The maximum absolute atomic E-state index is 12.3. The number of piperidine rings is 1. The maximum atomic E-state index is 12.3. The Hall–Kier alpha value is -1.55. The highest BCUT2D eigenvalue weighted by Gasteiger charge is 2.30. The minimum atomic E-state index is -0.0708. The van der Waals surface area contributed by atoms with Gasteiger partial charge in [-0.1, -0.05) is 19.1 Å². The van der Waals surface area contributed by atoms with Gasteiger partial charge in [0.25, 0.3) is 0 Å². The van der Waals surface area contributed by atoms with Crippen molar-refractivity contribution in [3.63, 3.8) is 0 Å². The first kappa shape index (κ1) is 13.9. The number of likely N-dealkylation sites (tertiary alicyclic amines) is 1. The third kappa shape index (κ3) is 3.26. The highest BCUT2D eigenvalue weighted by Crippen LogP contribution is 2.24. The topological polar surface area (TPSA) is 60.8 Å². The number of aromatic hydroxyl groups is 1. The number of hydrogen-bond donors (Lipinski definition) is 2. The second kappa shape index (κ2) is 6.06. The number of nitrogens with zero attached hydrogens (tertiary/aromatic N) is 1. The number of amides is 1. The summed E-state index contributed by atoms with van der Waals surface area (Å²) in [4.78, 5) is 14.1. The molecule has 1 aliphatic rings. The van der Waals surface area contributed by atoms with Gasteiger partial charge in [0.05, 0.1) is 19.1 Å². The van der Waals surface area contributed by atoms with Gasteiger partial charge in [0, 0.05) is 6.54 Å². The van der Waals surface area contributed by atoms with Crippen LogP contribution in [0.15, 0.2) is 24.3 Å². The third-order valence-electron chi connectivity index (χ3n) is 3.89. The molecule has 0 aromatic heterocycles. The number of benzene rings is 1. The molecule has 4 heteroatoms. The lowest BCUT2D eigenvalue weighted by Gasteiger charge is -2.39. The molecule has 2 unspecified atom stereocenters. The van der Waals surface area contributed by atoms with Crippen molar-refractivity contribution in [2.75, 3.05) is 13.2 Å². The van der Waals surface area contributed by atoms with E-state index in [0.717, 1.165) is 18.4 Å². The molecule has 0 spiro atoms. The second-order valence-corrected chi connectivity index (χ2v) is 5.30. The molecule has 104 valence electrons. The Kier molecular flexibility index (Phi) is 4.43. The number of phenolic OH excluding ortho intramolecular Hbond substituents is 1. The van der Waals surface area contributed by atoms with Crippen molar-refractivity contribution in [1.29, 1.82) is 0 Å². The van der Waals surface area contributed by atoms with Crippen molar-refractivity contribution in [1.82, 2.24) is 4.90 Å². The van der Waals surface area contributed by atoms with E-state index in [1.165, 1.54) is 0 Å². The SMILES string of the molecule is CC1CCCN(C(=O)Cc2cccc(O)c2)C1CO. The Morgan fingerprint density at radius 3 is 2.95 bits per heavy atom. The van der Waals surface area contributed by atoms with Gasteiger partial charge >= 0.3 is 0 Å². The predicted octanol–water partition coefficient (Wildman–Crippen LogP) is 1.55. The van der Waals surface area contributed by atoms with Crippen LogP contribution in [0.4, 0.5) is 0 Å². The number of rotatable bonds is 3. The van der Waals surface area contributed by atoms with Crippen LogP contribution in [-0.4, -0.2) is 40.2 Å². The van der Waals surface area contributed by atoms with E-state index < -0.39 is 0 Å². The maximum Gasteiger partial charge on any atom is 0.227 e. The monoisotopic (exact) mass is 263 g/mol. The molecule has 0 bridgehead atoms. The molecule has 0 aliphatic carbocycles. The molecule has 1 heterocycles. The van der Waals surface area contributed by atoms with Crippen molar-refractivity contribution in [2.24, 2.45) is 5.92 Å². The number of carbonyl (C=O) groups excluding carboxylic acids is 1. The Balaban J connectivity index is 2.06. The summed E-state index contributed by atoms with van der Waals surface area (Å²) >= 11 is 0. The molecule has 1 aromatic carbocycles. The van der Waals surface area contributed by atoms with Crippen molar-refractivity contribution < 1.29 is 15.0 Å². The van der Waals surface area contributed by atoms with Gasteiger partial charge in [0.15, 0.2) is 0 Å². The van der Waals surface area contributed by atoms with Gasteiger partial charge in [-0.3, -0.25) is 4.79 Å². The van der Waals surface area contributed by atoms with E-state index in [2.05, 4.69) is 6.92 Å². The van der Waals surface area contributed by atoms with Gasteiger partial charge < -0.3 is 15.1 Å². The average Bonchev–Trinajstić information content (AvgIpc) is 2.38. The molecular formula is C15H21NO3. The van der Waals surface area contributed by atoms with Crippen molar-refractivity contribution >= 4 is 5.91 Å². The smallest absolute Gasteiger partial charge is 0.227 e. The number of hydrogen-bond acceptors (Lipinski definition) is 3. The first-order chi connectivity index (χ1) is 9.11. The Morgan fingerprint density at radius 1 is 1.47 bits per heavy atom. The molecular weight excluding hydrogens is 242 g/mol. The van der Waals surface area contributed by atoms with Crippen LogP contribution in [0.3, 0.4) is 0 Å². The molecule has 2 N–H and O–H groups in total. The average molecular weight is 263 g/mol. The summed E-state index contributed by atoms with van der Waals surface area (Å²) in [6, 6.07) is 6.70. The Morgan fingerprint density at radius 2 is 2.26 bits per heavy atom. The molecule has 1 saturated heterocycles. The van der Waals surface area contributed by atoms with Crippen LogP contribution in [0.2, 0.25) is 0 Å². The summed E-state index contributed by atoms with van der Waals surface area (Å²) in [5.41, 5.74) is 0.805. The highest BCUT2D eigenvalue weighted by molar-refractivity contribution is 5.79. The lowest BCUT2D eigenvalue weighted by Crippen LogP contribution is -2.50. The molecule has 1 fully saturated rings. The molecule has 1 aromatic rings. The van der Waals surface area contributed by atoms with E-state index in [1.54, 1.807) is 23.1 Å². The van der Waals surface area contributed by atoms with Crippen molar-refractivity contribution in [2.45, 2.75) is 32.2 Å². The van der Waals surface area contributed by atoms with Gasteiger partial charge in [-0.2, -0.15) is 0 Å². The van der Waals surface area contributed by atoms with Crippen LogP contribution in [0, 0.1) is 5.92 Å². The van der Waals surface area contributed by atoms with E-state index >= 15 is 0 Å². The Labute approximate surface area is 113 Å². The zero-order valence-electron chi connectivity index (χ0n) is 11.2. The van der Waals surface area contributed by atoms with Crippen LogP contribution < -0.4 is 0 Å². The molecule has 2 rings (SSSR count). The lowest BCUT2D eigenvalue weighted by molar-refractivity contribution is -0.136. The van der Waals surface area contributed by atoms with Gasteiger partial charge in [-0.15, -0.1) is 0 Å². The lowest BCUT2D eigenvalue weighted by atomic mass is 9.91. The molecule has 1 amide bonds. The van der Waals surface area contributed by atoms with E-state index in [1.807, 2.05) is 6.07 Å². The van der Waals surface area contributed by atoms with Crippen molar-refractivity contribution in [3.8, 4) is 5.75 Å².